The van der Waals surface area contributed by atoms with Gasteiger partial charge in [0.15, 0.2) is 5.17 Å². The van der Waals surface area contributed by atoms with Crippen LogP contribution < -0.4 is 14.2 Å². The van der Waals surface area contributed by atoms with Crippen molar-refractivity contribution < 1.29 is 19.0 Å². The topological polar surface area (TPSA) is 72.7 Å². The number of amides is 1. The zero-order valence-electron chi connectivity index (χ0n) is 17.5. The molecular formula is C22H25N3O4S. The number of nitrogens with zero attached hydrogens (tertiary/aromatic N) is 3. The van der Waals surface area contributed by atoms with E-state index in [1.165, 1.54) is 11.8 Å². The predicted molar refractivity (Wildman–Crippen MR) is 120 cm³/mol. The van der Waals surface area contributed by atoms with Gasteiger partial charge in [0.2, 0.25) is 5.91 Å². The molecule has 0 radical (unpaired) electrons. The fraction of sp³-hybridized carbons (Fsp3) is 0.318. The van der Waals surface area contributed by atoms with Crippen LogP contribution in [0.3, 0.4) is 0 Å². The number of carbonyl (C=O) groups excluding carboxylic acids is 1. The molecule has 2 aromatic rings. The van der Waals surface area contributed by atoms with E-state index in [4.69, 9.17) is 14.2 Å². The minimum Gasteiger partial charge on any atom is -0.497 e. The van der Waals surface area contributed by atoms with Gasteiger partial charge in [-0.05, 0) is 36.2 Å². The van der Waals surface area contributed by atoms with E-state index in [1.807, 2.05) is 43.3 Å². The van der Waals surface area contributed by atoms with E-state index in [9.17, 15) is 4.79 Å². The lowest BCUT2D eigenvalue weighted by molar-refractivity contribution is -0.126. The summed E-state index contributed by atoms with van der Waals surface area (Å²) < 4.78 is 15.8. The van der Waals surface area contributed by atoms with Crippen molar-refractivity contribution in [2.45, 2.75) is 25.1 Å². The summed E-state index contributed by atoms with van der Waals surface area (Å²) in [6.45, 7) is 2.43. The van der Waals surface area contributed by atoms with Gasteiger partial charge < -0.3 is 14.2 Å². The fourth-order valence-electron chi connectivity index (χ4n) is 2.97. The van der Waals surface area contributed by atoms with Crippen molar-refractivity contribution >= 4 is 29.1 Å². The number of hydrogen-bond acceptors (Lipinski definition) is 7. The minimum atomic E-state index is -0.146. The van der Waals surface area contributed by atoms with Crippen molar-refractivity contribution in [3.63, 3.8) is 0 Å². The summed E-state index contributed by atoms with van der Waals surface area (Å²) in [7, 11) is 4.82. The molecule has 7 nitrogen and oxygen atoms in total. The van der Waals surface area contributed by atoms with Gasteiger partial charge in [-0.1, -0.05) is 30.8 Å². The molecule has 2 aromatic carbocycles. The van der Waals surface area contributed by atoms with Gasteiger partial charge in [-0.15, -0.1) is 5.10 Å². The van der Waals surface area contributed by atoms with Crippen LogP contribution in [0.25, 0.3) is 0 Å². The van der Waals surface area contributed by atoms with Gasteiger partial charge >= 0.3 is 0 Å². The second-order valence-electron chi connectivity index (χ2n) is 6.52. The van der Waals surface area contributed by atoms with Crippen LogP contribution in [0.5, 0.6) is 17.2 Å². The average Bonchev–Trinajstić information content (AvgIpc) is 3.09. The SMILES string of the molecule is CC[C@@H]1S/C(=N/N=C\c2ccc(OC)cc2OC)N(Cc2ccc(OC)cc2)C1=O. The Kier molecular flexibility index (Phi) is 7.35. The van der Waals surface area contributed by atoms with E-state index in [1.54, 1.807) is 38.5 Å². The minimum absolute atomic E-state index is 0.0503. The molecule has 3 rings (SSSR count). The highest BCUT2D eigenvalue weighted by molar-refractivity contribution is 8.15. The Balaban J connectivity index is 1.81. The number of hydrogen-bond donors (Lipinski definition) is 0. The lowest BCUT2D eigenvalue weighted by Gasteiger charge is -2.16. The highest BCUT2D eigenvalue weighted by Gasteiger charge is 2.36. The molecule has 1 heterocycles. The van der Waals surface area contributed by atoms with Crippen LogP contribution >= 0.6 is 11.8 Å². The fourth-order valence-corrected chi connectivity index (χ4v) is 3.99. The third-order valence-electron chi connectivity index (χ3n) is 4.67. The van der Waals surface area contributed by atoms with E-state index in [-0.39, 0.29) is 11.2 Å². The van der Waals surface area contributed by atoms with E-state index < -0.39 is 0 Å². The lowest BCUT2D eigenvalue weighted by Crippen LogP contribution is -2.31. The first-order chi connectivity index (χ1) is 14.6. The van der Waals surface area contributed by atoms with Gasteiger partial charge in [0.25, 0.3) is 0 Å². The second kappa shape index (κ2) is 10.2. The highest BCUT2D eigenvalue weighted by Crippen LogP contribution is 2.31. The van der Waals surface area contributed by atoms with Crippen LogP contribution in [0.1, 0.15) is 24.5 Å². The number of benzene rings is 2. The number of rotatable bonds is 8. The molecule has 1 aliphatic rings. The van der Waals surface area contributed by atoms with Gasteiger partial charge in [-0.3, -0.25) is 9.69 Å². The monoisotopic (exact) mass is 427 g/mol. The Hall–Kier alpha value is -3.00. The molecule has 0 bridgehead atoms. The van der Waals surface area contributed by atoms with Crippen LogP contribution in [0, 0.1) is 0 Å². The van der Waals surface area contributed by atoms with Crippen LogP contribution in [0.15, 0.2) is 52.7 Å². The smallest absolute Gasteiger partial charge is 0.242 e. The molecule has 30 heavy (non-hydrogen) atoms. The summed E-state index contributed by atoms with van der Waals surface area (Å²) in [4.78, 5) is 14.5. The van der Waals surface area contributed by atoms with Crippen molar-refractivity contribution in [2.24, 2.45) is 10.2 Å². The predicted octanol–water partition coefficient (Wildman–Crippen LogP) is 3.96. The molecule has 1 amide bonds. The van der Waals surface area contributed by atoms with Crippen molar-refractivity contribution in [3.05, 3.63) is 53.6 Å². The number of carbonyl (C=O) groups is 1. The van der Waals surface area contributed by atoms with Crippen molar-refractivity contribution in [2.75, 3.05) is 21.3 Å². The first-order valence-corrected chi connectivity index (χ1v) is 10.4. The summed E-state index contributed by atoms with van der Waals surface area (Å²) in [5.41, 5.74) is 1.76. The molecule has 158 valence electrons. The molecule has 0 unspecified atom stereocenters. The normalized spacial score (nSPS) is 17.7. The van der Waals surface area contributed by atoms with Crippen molar-refractivity contribution in [1.29, 1.82) is 0 Å². The highest BCUT2D eigenvalue weighted by atomic mass is 32.2. The van der Waals surface area contributed by atoms with Gasteiger partial charge in [-0.25, -0.2) is 0 Å². The number of methoxy groups -OCH3 is 3. The van der Waals surface area contributed by atoms with Crippen molar-refractivity contribution in [3.8, 4) is 17.2 Å². The molecule has 0 aromatic heterocycles. The molecule has 1 aliphatic heterocycles. The zero-order valence-corrected chi connectivity index (χ0v) is 18.3. The third kappa shape index (κ3) is 4.94. The maximum Gasteiger partial charge on any atom is 0.242 e. The maximum absolute atomic E-state index is 12.8. The Bertz CT molecular complexity index is 944. The third-order valence-corrected chi connectivity index (χ3v) is 6.00. The summed E-state index contributed by atoms with van der Waals surface area (Å²) in [5, 5.41) is 9.00. The molecule has 0 saturated carbocycles. The summed E-state index contributed by atoms with van der Waals surface area (Å²) in [5.74, 6) is 2.16. The molecule has 0 aliphatic carbocycles. The maximum atomic E-state index is 12.8. The Morgan fingerprint density at radius 2 is 1.73 bits per heavy atom. The van der Waals surface area contributed by atoms with Gasteiger partial charge in [0.05, 0.1) is 39.3 Å². The van der Waals surface area contributed by atoms with Gasteiger partial charge in [0, 0.05) is 11.6 Å². The van der Waals surface area contributed by atoms with E-state index in [0.717, 1.165) is 23.3 Å². The average molecular weight is 428 g/mol. The van der Waals surface area contributed by atoms with Crippen molar-refractivity contribution in [1.82, 2.24) is 4.90 Å². The van der Waals surface area contributed by atoms with E-state index in [2.05, 4.69) is 10.2 Å². The number of amidine groups is 1. The second-order valence-corrected chi connectivity index (χ2v) is 7.69. The number of ether oxygens (including phenoxy) is 3. The molecule has 0 spiro atoms. The van der Waals surface area contributed by atoms with E-state index in [0.29, 0.717) is 23.2 Å². The van der Waals surface area contributed by atoms with E-state index >= 15 is 0 Å². The number of thioether (sulfide) groups is 1. The first kappa shape index (κ1) is 21.7. The van der Waals surface area contributed by atoms with Crippen LogP contribution in [0.4, 0.5) is 0 Å². The van der Waals surface area contributed by atoms with Crippen LogP contribution in [-0.4, -0.2) is 48.8 Å². The largest absolute Gasteiger partial charge is 0.497 e. The van der Waals surface area contributed by atoms with Crippen LogP contribution in [-0.2, 0) is 11.3 Å². The zero-order chi connectivity index (χ0) is 21.5. The lowest BCUT2D eigenvalue weighted by atomic mass is 10.2. The Morgan fingerprint density at radius 1 is 1.03 bits per heavy atom. The molecule has 8 heteroatoms. The Morgan fingerprint density at radius 3 is 2.37 bits per heavy atom. The molecule has 1 fully saturated rings. The molecule has 1 saturated heterocycles. The quantitative estimate of drug-likeness (QED) is 0.471. The molecular weight excluding hydrogens is 402 g/mol. The van der Waals surface area contributed by atoms with Gasteiger partial charge in [-0.2, -0.15) is 5.10 Å². The molecule has 0 N–H and O–H groups in total. The van der Waals surface area contributed by atoms with Crippen LogP contribution in [0.2, 0.25) is 0 Å². The Labute approximate surface area is 180 Å². The summed E-state index contributed by atoms with van der Waals surface area (Å²) in [6, 6.07) is 13.1. The summed E-state index contributed by atoms with van der Waals surface area (Å²) in [6.07, 6.45) is 2.35. The van der Waals surface area contributed by atoms with Gasteiger partial charge in [0.1, 0.15) is 17.2 Å². The molecule has 1 atom stereocenters. The first-order valence-electron chi connectivity index (χ1n) is 9.53. The standard InChI is InChI=1S/C22H25N3O4S/c1-5-20-21(26)25(14-15-6-9-17(27-2)10-7-15)22(30-20)24-23-13-16-8-11-18(28-3)12-19(16)29-4/h6-13,20H,5,14H2,1-4H3/b23-13-,24-22+/t20-/m0/s1. The summed E-state index contributed by atoms with van der Waals surface area (Å²) >= 11 is 1.44.